The van der Waals surface area contributed by atoms with Crippen LogP contribution < -0.4 is 0 Å². The third kappa shape index (κ3) is 2.61. The minimum atomic E-state index is 0.151. The fourth-order valence-electron chi connectivity index (χ4n) is 2.24. The predicted octanol–water partition coefficient (Wildman–Crippen LogP) is 1.16. The van der Waals surface area contributed by atoms with Crippen molar-refractivity contribution in [2.45, 2.75) is 13.3 Å². The van der Waals surface area contributed by atoms with Crippen molar-refractivity contribution in [3.63, 3.8) is 0 Å². The molecule has 0 aromatic rings. The van der Waals surface area contributed by atoms with Gasteiger partial charge in [-0.15, -0.1) is 0 Å². The first kappa shape index (κ1) is 10.7. The van der Waals surface area contributed by atoms with Crippen molar-refractivity contribution in [2.24, 2.45) is 5.92 Å². The normalized spacial score (nSPS) is 27.3. The maximum Gasteiger partial charge on any atom is 0.0679 e. The summed E-state index contributed by atoms with van der Waals surface area (Å²) in [4.78, 5) is 2.38. The summed E-state index contributed by atoms with van der Waals surface area (Å²) >= 11 is 0. The third-order valence-corrected chi connectivity index (χ3v) is 2.98. The van der Waals surface area contributed by atoms with Gasteiger partial charge in [-0.05, 0) is 24.0 Å². The van der Waals surface area contributed by atoms with Crippen molar-refractivity contribution < 1.29 is 9.84 Å². The van der Waals surface area contributed by atoms with E-state index in [2.05, 4.69) is 24.0 Å². The van der Waals surface area contributed by atoms with Crippen LogP contribution in [-0.2, 0) is 4.74 Å². The van der Waals surface area contributed by atoms with Crippen molar-refractivity contribution in [3.8, 4) is 0 Å². The number of aliphatic hydroxyl groups is 1. The third-order valence-electron chi connectivity index (χ3n) is 2.98. The van der Waals surface area contributed by atoms with Crippen molar-refractivity contribution in [3.05, 3.63) is 23.4 Å². The second kappa shape index (κ2) is 4.81. The average molecular weight is 209 g/mol. The molecule has 3 heteroatoms. The Morgan fingerprint density at radius 2 is 2.20 bits per heavy atom. The van der Waals surface area contributed by atoms with Crippen LogP contribution in [0, 0.1) is 5.92 Å². The Morgan fingerprint density at radius 3 is 2.87 bits per heavy atom. The molecule has 0 aromatic carbocycles. The predicted molar refractivity (Wildman–Crippen MR) is 59.4 cm³/mol. The summed E-state index contributed by atoms with van der Waals surface area (Å²) in [5, 5.41) is 9.17. The van der Waals surface area contributed by atoms with Gasteiger partial charge in [0.25, 0.3) is 0 Å². The maximum atomic E-state index is 9.17. The number of allylic oxidation sites excluding steroid dienone is 2. The number of rotatable bonds is 2. The minimum Gasteiger partial charge on any atom is -0.392 e. The topological polar surface area (TPSA) is 32.7 Å². The zero-order valence-electron chi connectivity index (χ0n) is 9.28. The molecule has 0 aromatic heterocycles. The van der Waals surface area contributed by atoms with Crippen LogP contribution in [0.3, 0.4) is 0 Å². The molecule has 0 amide bonds. The molecule has 1 heterocycles. The van der Waals surface area contributed by atoms with Gasteiger partial charge in [0.15, 0.2) is 0 Å². The minimum absolute atomic E-state index is 0.151. The SMILES string of the molecule is CC1C=C(CO)C=C(N2CCOCC2)C1. The van der Waals surface area contributed by atoms with E-state index in [1.807, 2.05) is 0 Å². The van der Waals surface area contributed by atoms with E-state index in [1.165, 1.54) is 5.70 Å². The molecule has 0 radical (unpaired) electrons. The highest BCUT2D eigenvalue weighted by Crippen LogP contribution is 2.25. The molecular weight excluding hydrogens is 190 g/mol. The lowest BCUT2D eigenvalue weighted by Gasteiger charge is -2.33. The number of nitrogens with zero attached hydrogens (tertiary/aromatic N) is 1. The molecule has 2 aliphatic rings. The van der Waals surface area contributed by atoms with Crippen LogP contribution in [0.4, 0.5) is 0 Å². The van der Waals surface area contributed by atoms with Gasteiger partial charge in [0.2, 0.25) is 0 Å². The van der Waals surface area contributed by atoms with Crippen molar-refractivity contribution in [2.75, 3.05) is 32.9 Å². The van der Waals surface area contributed by atoms with E-state index in [0.29, 0.717) is 5.92 Å². The van der Waals surface area contributed by atoms with Crippen molar-refractivity contribution in [1.82, 2.24) is 4.90 Å². The van der Waals surface area contributed by atoms with Crippen LogP contribution in [0.25, 0.3) is 0 Å². The summed E-state index contributed by atoms with van der Waals surface area (Å²) in [7, 11) is 0. The van der Waals surface area contributed by atoms with Gasteiger partial charge in [0.05, 0.1) is 19.8 Å². The Kier molecular flexibility index (Phi) is 3.44. The number of aliphatic hydroxyl groups excluding tert-OH is 1. The van der Waals surface area contributed by atoms with E-state index in [1.54, 1.807) is 0 Å². The van der Waals surface area contributed by atoms with Gasteiger partial charge < -0.3 is 14.7 Å². The first-order valence-corrected chi connectivity index (χ1v) is 5.64. The maximum absolute atomic E-state index is 9.17. The van der Waals surface area contributed by atoms with Crippen LogP contribution in [0.5, 0.6) is 0 Å². The highest BCUT2D eigenvalue weighted by Gasteiger charge is 2.18. The lowest BCUT2D eigenvalue weighted by Crippen LogP contribution is -2.36. The zero-order valence-corrected chi connectivity index (χ0v) is 9.28. The van der Waals surface area contributed by atoms with Crippen LogP contribution in [0.15, 0.2) is 23.4 Å². The molecule has 0 bridgehead atoms. The molecule has 1 atom stereocenters. The van der Waals surface area contributed by atoms with E-state index in [0.717, 1.165) is 38.3 Å². The van der Waals surface area contributed by atoms with Crippen molar-refractivity contribution in [1.29, 1.82) is 0 Å². The van der Waals surface area contributed by atoms with Gasteiger partial charge >= 0.3 is 0 Å². The summed E-state index contributed by atoms with van der Waals surface area (Å²) in [6.45, 7) is 5.96. The van der Waals surface area contributed by atoms with Gasteiger partial charge in [-0.25, -0.2) is 0 Å². The second-order valence-corrected chi connectivity index (χ2v) is 4.32. The lowest BCUT2D eigenvalue weighted by molar-refractivity contribution is 0.0512. The monoisotopic (exact) mass is 209 g/mol. The van der Waals surface area contributed by atoms with Gasteiger partial charge in [0, 0.05) is 18.8 Å². The Bertz CT molecular complexity index is 277. The molecule has 1 N–H and O–H groups in total. The highest BCUT2D eigenvalue weighted by molar-refractivity contribution is 5.29. The summed E-state index contributed by atoms with van der Waals surface area (Å²) < 4.78 is 5.34. The summed E-state index contributed by atoms with van der Waals surface area (Å²) in [6, 6.07) is 0. The van der Waals surface area contributed by atoms with Crippen LogP contribution in [0.1, 0.15) is 13.3 Å². The van der Waals surface area contributed by atoms with Gasteiger partial charge in [-0.2, -0.15) is 0 Å². The van der Waals surface area contributed by atoms with Crippen molar-refractivity contribution >= 4 is 0 Å². The van der Waals surface area contributed by atoms with Crippen LogP contribution in [0.2, 0.25) is 0 Å². The smallest absolute Gasteiger partial charge is 0.0679 e. The number of hydrogen-bond donors (Lipinski definition) is 1. The zero-order chi connectivity index (χ0) is 10.7. The van der Waals surface area contributed by atoms with E-state index < -0.39 is 0 Å². The average Bonchev–Trinajstić information content (AvgIpc) is 2.29. The molecule has 1 aliphatic carbocycles. The second-order valence-electron chi connectivity index (χ2n) is 4.32. The Balaban J connectivity index is 2.07. The largest absolute Gasteiger partial charge is 0.392 e. The molecule has 1 aliphatic heterocycles. The van der Waals surface area contributed by atoms with Gasteiger partial charge in [0.1, 0.15) is 0 Å². The molecule has 84 valence electrons. The van der Waals surface area contributed by atoms with Gasteiger partial charge in [-0.1, -0.05) is 13.0 Å². The quantitative estimate of drug-likeness (QED) is 0.741. The van der Waals surface area contributed by atoms with Gasteiger partial charge in [-0.3, -0.25) is 0 Å². The first-order chi connectivity index (χ1) is 7.29. The summed E-state index contributed by atoms with van der Waals surface area (Å²) in [5.74, 6) is 0.537. The molecular formula is C12H19NO2. The number of morpholine rings is 1. The Morgan fingerprint density at radius 1 is 1.47 bits per heavy atom. The first-order valence-electron chi connectivity index (χ1n) is 5.64. The summed E-state index contributed by atoms with van der Waals surface area (Å²) in [6.07, 6.45) is 5.37. The molecule has 1 fully saturated rings. The fourth-order valence-corrected chi connectivity index (χ4v) is 2.24. The molecule has 0 saturated carbocycles. The fraction of sp³-hybridized carbons (Fsp3) is 0.667. The van der Waals surface area contributed by atoms with E-state index in [4.69, 9.17) is 9.84 Å². The van der Waals surface area contributed by atoms with E-state index >= 15 is 0 Å². The standard InChI is InChI=1S/C12H19NO2/c1-10-6-11(9-14)8-12(7-10)13-2-4-15-5-3-13/h6,8,10,14H,2-5,7,9H2,1H3. The number of ether oxygens (including phenoxy) is 1. The Hall–Kier alpha value is -0.800. The molecule has 0 spiro atoms. The lowest BCUT2D eigenvalue weighted by atomic mass is 9.94. The van der Waals surface area contributed by atoms with E-state index in [9.17, 15) is 0 Å². The highest BCUT2D eigenvalue weighted by atomic mass is 16.5. The molecule has 1 saturated heterocycles. The van der Waals surface area contributed by atoms with Crippen LogP contribution >= 0.6 is 0 Å². The number of hydrogen-bond acceptors (Lipinski definition) is 3. The molecule has 2 rings (SSSR count). The van der Waals surface area contributed by atoms with Crippen LogP contribution in [-0.4, -0.2) is 42.9 Å². The summed E-state index contributed by atoms with van der Waals surface area (Å²) in [5.41, 5.74) is 2.41. The molecule has 3 nitrogen and oxygen atoms in total. The molecule has 1 unspecified atom stereocenters. The molecule has 15 heavy (non-hydrogen) atoms. The Labute approximate surface area is 91.0 Å². The van der Waals surface area contributed by atoms with E-state index in [-0.39, 0.29) is 6.61 Å².